The molecule has 3 aromatic rings. The van der Waals surface area contributed by atoms with Gasteiger partial charge in [-0.25, -0.2) is 4.98 Å². The average molecular weight is 455 g/mol. The number of carbonyl (C=O) groups excluding carboxylic acids is 2. The number of pyridine rings is 1. The predicted molar refractivity (Wildman–Crippen MR) is 117 cm³/mol. The molecule has 2 N–H and O–H groups in total. The average Bonchev–Trinajstić information content (AvgIpc) is 3.11. The summed E-state index contributed by atoms with van der Waals surface area (Å²) in [5.74, 6) is -0.508. The van der Waals surface area contributed by atoms with E-state index in [1.54, 1.807) is 37.4 Å². The summed E-state index contributed by atoms with van der Waals surface area (Å²) in [6.07, 6.45) is -2.80. The number of carbonyl (C=O) groups is 2. The Bertz CT molecular complexity index is 1240. The van der Waals surface area contributed by atoms with Crippen molar-refractivity contribution in [2.45, 2.75) is 32.0 Å². The molecule has 0 bridgehead atoms. The van der Waals surface area contributed by atoms with Gasteiger partial charge in [-0.1, -0.05) is 18.2 Å². The van der Waals surface area contributed by atoms with E-state index >= 15 is 0 Å². The summed E-state index contributed by atoms with van der Waals surface area (Å²) in [7, 11) is 0. The van der Waals surface area contributed by atoms with Gasteiger partial charge in [0.15, 0.2) is 5.60 Å². The third-order valence-corrected chi connectivity index (χ3v) is 5.27. The number of hydrogen-bond acceptors (Lipinski definition) is 4. The summed E-state index contributed by atoms with van der Waals surface area (Å²) in [5, 5.41) is 5.25. The van der Waals surface area contributed by atoms with Crippen LogP contribution < -0.4 is 15.4 Å². The number of rotatable bonds is 4. The Morgan fingerprint density at radius 2 is 1.73 bits per heavy atom. The van der Waals surface area contributed by atoms with E-state index in [4.69, 9.17) is 4.74 Å². The molecule has 0 spiro atoms. The Morgan fingerprint density at radius 1 is 1.03 bits per heavy atom. The zero-order chi connectivity index (χ0) is 23.8. The Kier molecular flexibility index (Phi) is 5.57. The highest BCUT2D eigenvalue weighted by Gasteiger charge is 2.44. The Balaban J connectivity index is 1.59. The van der Waals surface area contributed by atoms with E-state index in [1.165, 1.54) is 19.1 Å². The van der Waals surface area contributed by atoms with Crippen LogP contribution in [0.4, 0.5) is 24.5 Å². The van der Waals surface area contributed by atoms with E-state index in [0.717, 1.165) is 23.3 Å². The summed E-state index contributed by atoms with van der Waals surface area (Å²) in [5.41, 5.74) is 0.688. The lowest BCUT2D eigenvalue weighted by molar-refractivity contribution is -0.137. The number of anilines is 2. The van der Waals surface area contributed by atoms with Crippen LogP contribution in [0.5, 0.6) is 5.88 Å². The van der Waals surface area contributed by atoms with E-state index < -0.39 is 23.2 Å². The molecule has 1 aliphatic rings. The van der Waals surface area contributed by atoms with Crippen LogP contribution in [0.1, 0.15) is 25.0 Å². The van der Waals surface area contributed by atoms with Crippen LogP contribution in [0, 0.1) is 0 Å². The van der Waals surface area contributed by atoms with Crippen LogP contribution in [0.2, 0.25) is 0 Å². The zero-order valence-electron chi connectivity index (χ0n) is 17.8. The molecule has 0 aliphatic carbocycles. The molecular weight excluding hydrogens is 435 g/mol. The molecule has 1 aromatic heterocycles. The minimum Gasteiger partial charge on any atom is -0.461 e. The SMILES string of the molecule is CC(=O)Nc1cccc(-c2ccnc3c2CC(C)(C(=O)Nc2cccc(C(F)(F)F)c2)O3)c1. The van der Waals surface area contributed by atoms with Crippen LogP contribution in [-0.2, 0) is 22.2 Å². The first-order valence-corrected chi connectivity index (χ1v) is 10.1. The van der Waals surface area contributed by atoms with Crippen molar-refractivity contribution in [1.29, 1.82) is 0 Å². The van der Waals surface area contributed by atoms with E-state index in [1.807, 2.05) is 6.07 Å². The third-order valence-electron chi connectivity index (χ3n) is 5.27. The minimum atomic E-state index is -4.52. The summed E-state index contributed by atoms with van der Waals surface area (Å²) in [4.78, 5) is 28.6. The van der Waals surface area contributed by atoms with Gasteiger partial charge in [0.05, 0.1) is 5.56 Å². The standard InChI is InChI=1S/C24H20F3N3O3/c1-14(31)29-17-7-3-5-15(11-17)19-9-10-28-21-20(19)13-23(2,33-21)22(32)30-18-8-4-6-16(12-18)24(25,26)27/h3-12H,13H2,1-2H3,(H,29,31)(H,30,32). The maximum absolute atomic E-state index is 13.0. The number of alkyl halides is 3. The largest absolute Gasteiger partial charge is 0.461 e. The highest BCUT2D eigenvalue weighted by Crippen LogP contribution is 2.40. The van der Waals surface area contributed by atoms with Gasteiger partial charge in [-0.05, 0) is 54.4 Å². The number of nitrogens with zero attached hydrogens (tertiary/aromatic N) is 1. The van der Waals surface area contributed by atoms with Crippen LogP contribution in [-0.4, -0.2) is 22.4 Å². The van der Waals surface area contributed by atoms with Crippen LogP contribution in [0.25, 0.3) is 11.1 Å². The van der Waals surface area contributed by atoms with Crippen LogP contribution in [0.3, 0.4) is 0 Å². The zero-order valence-corrected chi connectivity index (χ0v) is 17.8. The molecule has 1 atom stereocenters. The van der Waals surface area contributed by atoms with Gasteiger partial charge >= 0.3 is 6.18 Å². The fourth-order valence-electron chi connectivity index (χ4n) is 3.72. The van der Waals surface area contributed by atoms with Crippen LogP contribution >= 0.6 is 0 Å². The number of aromatic nitrogens is 1. The minimum absolute atomic E-state index is 0.0202. The van der Waals surface area contributed by atoms with E-state index in [9.17, 15) is 22.8 Å². The van der Waals surface area contributed by atoms with Gasteiger partial charge in [-0.3, -0.25) is 9.59 Å². The Labute approximate surface area is 187 Å². The lowest BCUT2D eigenvalue weighted by Crippen LogP contribution is -2.44. The van der Waals surface area contributed by atoms with Gasteiger partial charge in [-0.2, -0.15) is 13.2 Å². The molecule has 2 amide bonds. The molecule has 0 radical (unpaired) electrons. The first-order valence-electron chi connectivity index (χ1n) is 10.1. The summed E-state index contributed by atoms with van der Waals surface area (Å²) in [6.45, 7) is 2.98. The molecule has 0 saturated carbocycles. The van der Waals surface area contributed by atoms with Crippen molar-refractivity contribution in [1.82, 2.24) is 4.98 Å². The molecule has 0 fully saturated rings. The van der Waals surface area contributed by atoms with Gasteiger partial charge < -0.3 is 15.4 Å². The molecule has 170 valence electrons. The van der Waals surface area contributed by atoms with Crippen molar-refractivity contribution < 1.29 is 27.5 Å². The highest BCUT2D eigenvalue weighted by molar-refractivity contribution is 5.98. The number of halogens is 3. The number of nitrogens with one attached hydrogen (secondary N) is 2. The molecule has 2 aromatic carbocycles. The van der Waals surface area contributed by atoms with Gasteiger partial charge in [0, 0.05) is 36.5 Å². The molecule has 4 rings (SSSR count). The fourth-order valence-corrected chi connectivity index (χ4v) is 3.72. The normalized spacial score (nSPS) is 17.1. The number of fused-ring (bicyclic) bond motifs is 1. The van der Waals surface area contributed by atoms with Gasteiger partial charge in [0.25, 0.3) is 5.91 Å². The second kappa shape index (κ2) is 8.23. The molecule has 1 unspecified atom stereocenters. The molecule has 9 heteroatoms. The Hall–Kier alpha value is -3.88. The third kappa shape index (κ3) is 4.67. The van der Waals surface area contributed by atoms with Crippen molar-refractivity contribution in [2.24, 2.45) is 0 Å². The van der Waals surface area contributed by atoms with Crippen molar-refractivity contribution in [3.8, 4) is 17.0 Å². The second-order valence-electron chi connectivity index (χ2n) is 7.95. The van der Waals surface area contributed by atoms with Crippen molar-refractivity contribution >= 4 is 23.2 Å². The number of benzene rings is 2. The lowest BCUT2D eigenvalue weighted by Gasteiger charge is -2.22. The molecule has 1 aliphatic heterocycles. The van der Waals surface area contributed by atoms with Crippen LogP contribution in [0.15, 0.2) is 60.8 Å². The van der Waals surface area contributed by atoms with E-state index in [2.05, 4.69) is 15.6 Å². The Morgan fingerprint density at radius 3 is 2.42 bits per heavy atom. The second-order valence-corrected chi connectivity index (χ2v) is 7.95. The quantitative estimate of drug-likeness (QED) is 0.577. The van der Waals surface area contributed by atoms with Crippen molar-refractivity contribution in [3.05, 3.63) is 71.9 Å². The summed E-state index contributed by atoms with van der Waals surface area (Å²) in [6, 6.07) is 13.4. The molecule has 0 saturated heterocycles. The first kappa shape index (κ1) is 22.3. The van der Waals surface area contributed by atoms with Crippen molar-refractivity contribution in [2.75, 3.05) is 10.6 Å². The number of ether oxygens (including phenoxy) is 1. The first-order chi connectivity index (χ1) is 15.5. The maximum atomic E-state index is 13.0. The van der Waals surface area contributed by atoms with Gasteiger partial charge in [-0.15, -0.1) is 0 Å². The van der Waals surface area contributed by atoms with E-state index in [-0.39, 0.29) is 23.9 Å². The smallest absolute Gasteiger partial charge is 0.416 e. The molecule has 33 heavy (non-hydrogen) atoms. The monoisotopic (exact) mass is 455 g/mol. The number of amides is 2. The molecule has 2 heterocycles. The number of hydrogen-bond donors (Lipinski definition) is 2. The lowest BCUT2D eigenvalue weighted by atomic mass is 9.93. The summed E-state index contributed by atoms with van der Waals surface area (Å²) < 4.78 is 44.9. The molecular formula is C24H20F3N3O3. The van der Waals surface area contributed by atoms with E-state index in [0.29, 0.717) is 11.3 Å². The van der Waals surface area contributed by atoms with Gasteiger partial charge in [0.1, 0.15) is 0 Å². The maximum Gasteiger partial charge on any atom is 0.416 e. The predicted octanol–water partition coefficient (Wildman–Crippen LogP) is 5.06. The topological polar surface area (TPSA) is 80.3 Å². The highest BCUT2D eigenvalue weighted by atomic mass is 19.4. The summed E-state index contributed by atoms with van der Waals surface area (Å²) >= 11 is 0. The molecule has 6 nitrogen and oxygen atoms in total. The van der Waals surface area contributed by atoms with Gasteiger partial charge in [0.2, 0.25) is 11.8 Å². The fraction of sp³-hybridized carbons (Fsp3) is 0.208. The van der Waals surface area contributed by atoms with Crippen molar-refractivity contribution in [3.63, 3.8) is 0 Å².